The second-order valence-electron chi connectivity index (χ2n) is 6.57. The molecular formula is C18H23F3N4O2. The standard InChI is InChI=1S/C18H23F3N4O2/c1-11(2)16(26)24-17-22-8-7-12(3)25(17)9-14-5-6-15(23-13(14)4)27-10-18(19,20)21/h5-8,11,17H,9-10H2,1-4H3,(H,24,26). The van der Waals surface area contributed by atoms with E-state index in [1.165, 1.54) is 6.07 Å². The van der Waals surface area contributed by atoms with Gasteiger partial charge in [0.05, 0.1) is 0 Å². The van der Waals surface area contributed by atoms with Gasteiger partial charge < -0.3 is 15.0 Å². The number of halogens is 3. The number of carbonyl (C=O) groups excluding carboxylic acids is 1. The summed E-state index contributed by atoms with van der Waals surface area (Å²) in [5, 5.41) is 2.86. The molecule has 0 bridgehead atoms. The number of aliphatic imine (C=N–C) groups is 1. The van der Waals surface area contributed by atoms with Crippen LogP contribution in [0.2, 0.25) is 0 Å². The Hall–Kier alpha value is -2.58. The Morgan fingerprint density at radius 1 is 1.33 bits per heavy atom. The first kappa shape index (κ1) is 20.7. The van der Waals surface area contributed by atoms with E-state index >= 15 is 0 Å². The number of amides is 1. The van der Waals surface area contributed by atoms with Crippen molar-refractivity contribution in [3.8, 4) is 5.88 Å². The molecule has 1 aromatic heterocycles. The number of pyridine rings is 1. The second kappa shape index (κ2) is 8.41. The molecule has 0 saturated carbocycles. The minimum atomic E-state index is -4.41. The molecule has 0 aliphatic carbocycles. The molecule has 1 N–H and O–H groups in total. The van der Waals surface area contributed by atoms with Gasteiger partial charge in [0.25, 0.3) is 0 Å². The summed E-state index contributed by atoms with van der Waals surface area (Å²) in [6.45, 7) is 6.18. The van der Waals surface area contributed by atoms with E-state index in [0.717, 1.165) is 11.3 Å². The molecule has 1 amide bonds. The van der Waals surface area contributed by atoms with Crippen molar-refractivity contribution < 1.29 is 22.7 Å². The van der Waals surface area contributed by atoms with Crippen molar-refractivity contribution in [2.45, 2.75) is 46.7 Å². The number of ether oxygens (including phenoxy) is 1. The van der Waals surface area contributed by atoms with Gasteiger partial charge in [0.2, 0.25) is 11.8 Å². The molecule has 0 aromatic carbocycles. The molecule has 2 rings (SSSR count). The minimum Gasteiger partial charge on any atom is -0.468 e. The van der Waals surface area contributed by atoms with Crippen LogP contribution in [0.15, 0.2) is 28.9 Å². The molecule has 1 aliphatic heterocycles. The first-order valence-electron chi connectivity index (χ1n) is 8.50. The third kappa shape index (κ3) is 5.97. The van der Waals surface area contributed by atoms with Crippen LogP contribution in [0.5, 0.6) is 5.88 Å². The van der Waals surface area contributed by atoms with Crippen LogP contribution in [0.25, 0.3) is 0 Å². The number of alkyl halides is 3. The van der Waals surface area contributed by atoms with E-state index in [0.29, 0.717) is 12.2 Å². The van der Waals surface area contributed by atoms with Crippen LogP contribution in [-0.4, -0.2) is 41.1 Å². The molecule has 27 heavy (non-hydrogen) atoms. The van der Waals surface area contributed by atoms with E-state index in [4.69, 9.17) is 0 Å². The smallest absolute Gasteiger partial charge is 0.422 e. The third-order valence-electron chi connectivity index (χ3n) is 3.98. The van der Waals surface area contributed by atoms with Crippen molar-refractivity contribution in [2.24, 2.45) is 10.9 Å². The van der Waals surface area contributed by atoms with Crippen LogP contribution in [0, 0.1) is 12.8 Å². The monoisotopic (exact) mass is 384 g/mol. The average molecular weight is 384 g/mol. The molecule has 0 radical (unpaired) electrons. The van der Waals surface area contributed by atoms with Crippen molar-refractivity contribution in [2.75, 3.05) is 6.61 Å². The number of hydrogen-bond acceptors (Lipinski definition) is 5. The fourth-order valence-electron chi connectivity index (χ4n) is 2.38. The Morgan fingerprint density at radius 2 is 2.04 bits per heavy atom. The van der Waals surface area contributed by atoms with E-state index in [1.807, 2.05) is 17.9 Å². The molecule has 148 valence electrons. The van der Waals surface area contributed by atoms with Gasteiger partial charge in [-0.1, -0.05) is 19.9 Å². The number of allylic oxidation sites excluding steroid dienone is 2. The Labute approximate surface area is 156 Å². The Balaban J connectivity index is 2.12. The number of rotatable bonds is 6. The van der Waals surface area contributed by atoms with Crippen LogP contribution in [0.1, 0.15) is 32.0 Å². The zero-order valence-electron chi connectivity index (χ0n) is 15.7. The van der Waals surface area contributed by atoms with Gasteiger partial charge in [-0.3, -0.25) is 4.79 Å². The Bertz CT molecular complexity index is 745. The fraction of sp³-hybridized carbons (Fsp3) is 0.500. The summed E-state index contributed by atoms with van der Waals surface area (Å²) in [6.07, 6.45) is -1.51. The summed E-state index contributed by atoms with van der Waals surface area (Å²) in [6, 6.07) is 3.07. The van der Waals surface area contributed by atoms with Crippen molar-refractivity contribution in [1.82, 2.24) is 15.2 Å². The largest absolute Gasteiger partial charge is 0.468 e. The predicted molar refractivity (Wildman–Crippen MR) is 95.1 cm³/mol. The first-order chi connectivity index (χ1) is 12.6. The van der Waals surface area contributed by atoms with Gasteiger partial charge in [0.1, 0.15) is 0 Å². The first-order valence-corrected chi connectivity index (χ1v) is 8.50. The number of aromatic nitrogens is 1. The number of nitrogens with zero attached hydrogens (tertiary/aromatic N) is 3. The van der Waals surface area contributed by atoms with Crippen molar-refractivity contribution in [3.63, 3.8) is 0 Å². The predicted octanol–water partition coefficient (Wildman–Crippen LogP) is 3.18. The lowest BCUT2D eigenvalue weighted by Crippen LogP contribution is -2.48. The van der Waals surface area contributed by atoms with Gasteiger partial charge >= 0.3 is 6.18 Å². The van der Waals surface area contributed by atoms with E-state index in [1.54, 1.807) is 33.1 Å². The van der Waals surface area contributed by atoms with Gasteiger partial charge in [0, 0.05) is 36.1 Å². The molecule has 9 heteroatoms. The van der Waals surface area contributed by atoms with Crippen LogP contribution in [0.4, 0.5) is 13.2 Å². The van der Waals surface area contributed by atoms with Crippen molar-refractivity contribution >= 4 is 12.1 Å². The summed E-state index contributed by atoms with van der Waals surface area (Å²) in [5.74, 6) is -0.383. The van der Waals surface area contributed by atoms with E-state index in [9.17, 15) is 18.0 Å². The number of aryl methyl sites for hydroxylation is 1. The van der Waals surface area contributed by atoms with Gasteiger partial charge in [-0.2, -0.15) is 13.2 Å². The van der Waals surface area contributed by atoms with Crippen LogP contribution in [0.3, 0.4) is 0 Å². The van der Waals surface area contributed by atoms with E-state index in [2.05, 4.69) is 20.0 Å². The molecule has 0 saturated heterocycles. The summed E-state index contributed by atoms with van der Waals surface area (Å²) in [7, 11) is 0. The zero-order valence-corrected chi connectivity index (χ0v) is 15.7. The molecule has 6 nitrogen and oxygen atoms in total. The minimum absolute atomic E-state index is 0.0813. The maximum absolute atomic E-state index is 12.3. The molecule has 0 fully saturated rings. The molecule has 1 unspecified atom stereocenters. The zero-order chi connectivity index (χ0) is 20.2. The quantitative estimate of drug-likeness (QED) is 0.818. The van der Waals surface area contributed by atoms with Gasteiger partial charge in [-0.25, -0.2) is 9.98 Å². The lowest BCUT2D eigenvalue weighted by molar-refractivity contribution is -0.154. The normalized spacial score (nSPS) is 17.1. The highest BCUT2D eigenvalue weighted by atomic mass is 19.4. The summed E-state index contributed by atoms with van der Waals surface area (Å²) in [5.41, 5.74) is 2.24. The lowest BCUT2D eigenvalue weighted by atomic mass is 10.1. The average Bonchev–Trinajstić information content (AvgIpc) is 2.57. The van der Waals surface area contributed by atoms with Crippen LogP contribution in [-0.2, 0) is 11.3 Å². The number of nitrogens with one attached hydrogen (secondary N) is 1. The highest BCUT2D eigenvalue weighted by Gasteiger charge is 2.29. The Morgan fingerprint density at radius 3 is 2.63 bits per heavy atom. The summed E-state index contributed by atoms with van der Waals surface area (Å²) >= 11 is 0. The highest BCUT2D eigenvalue weighted by Crippen LogP contribution is 2.22. The molecule has 1 aromatic rings. The van der Waals surface area contributed by atoms with E-state index < -0.39 is 19.1 Å². The summed E-state index contributed by atoms with van der Waals surface area (Å²) in [4.78, 5) is 22.3. The van der Waals surface area contributed by atoms with Crippen molar-refractivity contribution in [3.05, 3.63) is 35.2 Å². The molecule has 1 atom stereocenters. The maximum atomic E-state index is 12.3. The highest BCUT2D eigenvalue weighted by molar-refractivity contribution is 5.79. The fourth-order valence-corrected chi connectivity index (χ4v) is 2.38. The molecule has 2 heterocycles. The third-order valence-corrected chi connectivity index (χ3v) is 3.98. The number of carbonyl (C=O) groups is 1. The van der Waals surface area contributed by atoms with Crippen LogP contribution >= 0.6 is 0 Å². The lowest BCUT2D eigenvalue weighted by Gasteiger charge is -2.34. The molecule has 1 aliphatic rings. The van der Waals surface area contributed by atoms with E-state index in [-0.39, 0.29) is 17.7 Å². The van der Waals surface area contributed by atoms with Crippen molar-refractivity contribution in [1.29, 1.82) is 0 Å². The molecule has 0 spiro atoms. The van der Waals surface area contributed by atoms with Gasteiger partial charge in [-0.15, -0.1) is 0 Å². The maximum Gasteiger partial charge on any atom is 0.422 e. The molecular weight excluding hydrogens is 361 g/mol. The van der Waals surface area contributed by atoms with Crippen LogP contribution < -0.4 is 10.1 Å². The van der Waals surface area contributed by atoms with Gasteiger partial charge in [0.15, 0.2) is 12.9 Å². The second-order valence-corrected chi connectivity index (χ2v) is 6.57. The number of hydrogen-bond donors (Lipinski definition) is 1. The van der Waals surface area contributed by atoms with Gasteiger partial charge in [-0.05, 0) is 25.5 Å². The summed E-state index contributed by atoms with van der Waals surface area (Å²) < 4.78 is 41.5. The topological polar surface area (TPSA) is 66.8 Å². The Kier molecular flexibility index (Phi) is 6.45. The SMILES string of the molecule is CC1=CC=NC(NC(=O)C(C)C)N1Cc1ccc(OCC(F)(F)F)nc1C.